The normalized spacial score (nSPS) is 22.9. The lowest BCUT2D eigenvalue weighted by molar-refractivity contribution is 0.0694. The zero-order valence-electron chi connectivity index (χ0n) is 14.8. The average Bonchev–Trinajstić information content (AvgIpc) is 3.34. The highest BCUT2D eigenvalue weighted by Crippen LogP contribution is 2.43. The monoisotopic (exact) mass is 358 g/mol. The molecule has 5 nitrogen and oxygen atoms in total. The van der Waals surface area contributed by atoms with Crippen LogP contribution in [-0.4, -0.2) is 21.5 Å². The quantitative estimate of drug-likeness (QED) is 0.880. The third-order valence-corrected chi connectivity index (χ3v) is 5.92. The molecule has 0 aliphatic heterocycles. The van der Waals surface area contributed by atoms with Gasteiger partial charge in [-0.3, -0.25) is 9.20 Å². The minimum Gasteiger partial charge on any atom is -0.477 e. The highest BCUT2D eigenvalue weighted by Gasteiger charge is 2.31. The van der Waals surface area contributed by atoms with Gasteiger partial charge in [0.1, 0.15) is 11.4 Å². The molecular weight excluding hydrogens is 335 g/mol. The maximum atomic E-state index is 14.9. The van der Waals surface area contributed by atoms with Crippen LogP contribution < -0.4 is 11.3 Å². The van der Waals surface area contributed by atoms with E-state index in [1.807, 2.05) is 6.92 Å². The molecule has 0 amide bonds. The van der Waals surface area contributed by atoms with Crippen molar-refractivity contribution in [1.29, 1.82) is 0 Å². The number of carboxylic acid groups (broad SMARTS) is 1. The van der Waals surface area contributed by atoms with Gasteiger partial charge in [-0.1, -0.05) is 0 Å². The molecule has 0 aromatic carbocycles. The van der Waals surface area contributed by atoms with Crippen molar-refractivity contribution in [2.45, 2.75) is 57.4 Å². The van der Waals surface area contributed by atoms with Crippen LogP contribution in [0.4, 0.5) is 4.39 Å². The summed E-state index contributed by atoms with van der Waals surface area (Å²) in [5.74, 6) is -1.11. The van der Waals surface area contributed by atoms with E-state index in [1.54, 1.807) is 0 Å². The molecule has 26 heavy (non-hydrogen) atoms. The van der Waals surface area contributed by atoms with Gasteiger partial charge in [0.25, 0.3) is 5.56 Å². The summed E-state index contributed by atoms with van der Waals surface area (Å²) in [5.41, 5.74) is 7.94. The third kappa shape index (κ3) is 2.82. The van der Waals surface area contributed by atoms with Crippen molar-refractivity contribution < 1.29 is 14.3 Å². The molecule has 2 fully saturated rings. The Morgan fingerprint density at radius 1 is 1.35 bits per heavy atom. The van der Waals surface area contributed by atoms with Gasteiger partial charge >= 0.3 is 5.97 Å². The van der Waals surface area contributed by atoms with Gasteiger partial charge in [0.2, 0.25) is 0 Å². The molecule has 2 aliphatic carbocycles. The number of aromatic nitrogens is 1. The summed E-state index contributed by atoms with van der Waals surface area (Å²) in [6.45, 7) is 1.84. The van der Waals surface area contributed by atoms with Crippen molar-refractivity contribution >= 4 is 11.5 Å². The summed E-state index contributed by atoms with van der Waals surface area (Å²) >= 11 is 0. The number of rotatable bonds is 4. The van der Waals surface area contributed by atoms with Crippen molar-refractivity contribution in [3.63, 3.8) is 0 Å². The Labute approximate surface area is 150 Å². The van der Waals surface area contributed by atoms with Gasteiger partial charge in [0.15, 0.2) is 0 Å². The van der Waals surface area contributed by atoms with Crippen LogP contribution in [0, 0.1) is 18.7 Å². The SMILES string of the molecule is Cc1c(CC2CC[C@H](N)C2)c(F)cn2c(=O)c(C(=O)O)cc(C3CC3)c12. The number of aryl methyl sites for hydroxylation is 1. The van der Waals surface area contributed by atoms with Crippen molar-refractivity contribution in [3.8, 4) is 0 Å². The Kier molecular flexibility index (Phi) is 4.10. The molecule has 2 aromatic rings. The minimum absolute atomic E-state index is 0.187. The lowest BCUT2D eigenvalue weighted by Gasteiger charge is -2.18. The van der Waals surface area contributed by atoms with Crippen LogP contribution in [0.15, 0.2) is 17.1 Å². The first-order chi connectivity index (χ1) is 12.4. The first-order valence-electron chi connectivity index (χ1n) is 9.23. The van der Waals surface area contributed by atoms with E-state index in [4.69, 9.17) is 5.73 Å². The summed E-state index contributed by atoms with van der Waals surface area (Å²) in [6, 6.07) is 1.68. The Hall–Kier alpha value is -2.21. The minimum atomic E-state index is -1.27. The van der Waals surface area contributed by atoms with E-state index < -0.39 is 17.3 Å². The summed E-state index contributed by atoms with van der Waals surface area (Å²) < 4.78 is 16.1. The fraction of sp³-hybridized carbons (Fsp3) is 0.500. The molecule has 2 saturated carbocycles. The fourth-order valence-corrected chi connectivity index (χ4v) is 4.39. The van der Waals surface area contributed by atoms with Crippen LogP contribution in [0.3, 0.4) is 0 Å². The van der Waals surface area contributed by atoms with Gasteiger partial charge in [-0.05, 0) is 80.0 Å². The van der Waals surface area contributed by atoms with E-state index in [-0.39, 0.29) is 17.5 Å². The molecule has 2 heterocycles. The van der Waals surface area contributed by atoms with E-state index in [0.717, 1.165) is 43.2 Å². The van der Waals surface area contributed by atoms with E-state index in [2.05, 4.69) is 0 Å². The highest BCUT2D eigenvalue weighted by atomic mass is 19.1. The number of aromatic carboxylic acids is 1. The molecule has 0 bridgehead atoms. The van der Waals surface area contributed by atoms with Crippen LogP contribution in [0.5, 0.6) is 0 Å². The lowest BCUT2D eigenvalue weighted by Crippen LogP contribution is -2.24. The molecule has 1 unspecified atom stereocenters. The number of halogens is 1. The van der Waals surface area contributed by atoms with E-state index in [1.165, 1.54) is 16.7 Å². The number of pyridine rings is 2. The van der Waals surface area contributed by atoms with Crippen molar-refractivity contribution in [2.24, 2.45) is 11.7 Å². The number of carbonyl (C=O) groups is 1. The van der Waals surface area contributed by atoms with Gasteiger partial charge in [-0.15, -0.1) is 0 Å². The Morgan fingerprint density at radius 2 is 2.08 bits per heavy atom. The van der Waals surface area contributed by atoms with Crippen molar-refractivity contribution in [2.75, 3.05) is 0 Å². The molecule has 0 radical (unpaired) electrons. The molecule has 138 valence electrons. The van der Waals surface area contributed by atoms with Crippen LogP contribution in [0.25, 0.3) is 5.52 Å². The van der Waals surface area contributed by atoms with E-state index in [9.17, 15) is 19.1 Å². The first-order valence-corrected chi connectivity index (χ1v) is 9.23. The largest absolute Gasteiger partial charge is 0.477 e. The molecule has 2 atom stereocenters. The molecular formula is C20H23FN2O3. The lowest BCUT2D eigenvalue weighted by atomic mass is 9.92. The van der Waals surface area contributed by atoms with E-state index in [0.29, 0.717) is 23.4 Å². The molecule has 4 rings (SSSR count). The third-order valence-electron chi connectivity index (χ3n) is 5.92. The first kappa shape index (κ1) is 17.2. The average molecular weight is 358 g/mol. The molecule has 2 aromatic heterocycles. The van der Waals surface area contributed by atoms with Crippen LogP contribution >= 0.6 is 0 Å². The maximum absolute atomic E-state index is 14.9. The second-order valence-corrected chi connectivity index (χ2v) is 7.84. The van der Waals surface area contributed by atoms with Gasteiger partial charge in [-0.25, -0.2) is 9.18 Å². The van der Waals surface area contributed by atoms with Gasteiger partial charge < -0.3 is 10.8 Å². The molecule has 0 saturated heterocycles. The van der Waals surface area contributed by atoms with Gasteiger partial charge in [0, 0.05) is 12.2 Å². The zero-order chi connectivity index (χ0) is 18.6. The molecule has 0 spiro atoms. The van der Waals surface area contributed by atoms with Crippen LogP contribution in [0.2, 0.25) is 0 Å². The van der Waals surface area contributed by atoms with Gasteiger partial charge in [0.05, 0.1) is 5.52 Å². The number of fused-ring (bicyclic) bond motifs is 1. The second kappa shape index (κ2) is 6.20. The Balaban J connectivity index is 1.91. The standard InChI is InChI=1S/C20H23FN2O3/c1-10-14(7-11-2-5-13(22)6-11)17(21)9-23-18(10)15(12-3-4-12)8-16(19(23)24)20(25)26/h8-9,11-13H,2-7,22H2,1H3,(H,25,26)/t11?,13-/m0/s1. The Bertz CT molecular complexity index is 962. The maximum Gasteiger partial charge on any atom is 0.341 e. The number of nitrogens with two attached hydrogens (primary N) is 1. The van der Waals surface area contributed by atoms with Crippen LogP contribution in [-0.2, 0) is 6.42 Å². The number of hydrogen-bond donors (Lipinski definition) is 2. The molecule has 6 heteroatoms. The van der Waals surface area contributed by atoms with Crippen molar-refractivity contribution in [1.82, 2.24) is 4.40 Å². The number of carboxylic acids is 1. The van der Waals surface area contributed by atoms with Gasteiger partial charge in [-0.2, -0.15) is 0 Å². The zero-order valence-corrected chi connectivity index (χ0v) is 14.8. The van der Waals surface area contributed by atoms with Crippen molar-refractivity contribution in [3.05, 3.63) is 50.7 Å². The number of hydrogen-bond acceptors (Lipinski definition) is 3. The predicted octanol–water partition coefficient (Wildman–Crippen LogP) is 2.99. The smallest absolute Gasteiger partial charge is 0.341 e. The Morgan fingerprint density at radius 3 is 2.65 bits per heavy atom. The topological polar surface area (TPSA) is 84.8 Å². The number of nitrogens with zero attached hydrogens (tertiary/aromatic N) is 1. The summed E-state index contributed by atoms with van der Waals surface area (Å²) in [5, 5.41) is 9.34. The summed E-state index contributed by atoms with van der Waals surface area (Å²) in [6.07, 6.45) is 6.57. The summed E-state index contributed by atoms with van der Waals surface area (Å²) in [4.78, 5) is 24.0. The second-order valence-electron chi connectivity index (χ2n) is 7.84. The van der Waals surface area contributed by atoms with Crippen LogP contribution in [0.1, 0.15) is 65.1 Å². The van der Waals surface area contributed by atoms with E-state index >= 15 is 0 Å². The predicted molar refractivity (Wildman–Crippen MR) is 96.3 cm³/mol. The fourth-order valence-electron chi connectivity index (χ4n) is 4.39. The summed E-state index contributed by atoms with van der Waals surface area (Å²) in [7, 11) is 0. The molecule has 2 aliphatic rings. The molecule has 3 N–H and O–H groups in total. The highest BCUT2D eigenvalue weighted by molar-refractivity contribution is 5.88.